The Kier molecular flexibility index (Phi) is 3.85. The molecule has 0 radical (unpaired) electrons. The van der Waals surface area contributed by atoms with Crippen LogP contribution in [0.5, 0.6) is 0 Å². The van der Waals surface area contributed by atoms with E-state index in [4.69, 9.17) is 0 Å². The van der Waals surface area contributed by atoms with Gasteiger partial charge >= 0.3 is 0 Å². The minimum Gasteiger partial charge on any atom is -0.357 e. The fraction of sp³-hybridized carbons (Fsp3) is 0.471. The Bertz CT molecular complexity index is 1000. The fourth-order valence-electron chi connectivity index (χ4n) is 3.20. The summed E-state index contributed by atoms with van der Waals surface area (Å²) in [6.07, 6.45) is 0. The number of aromatic nitrogens is 7. The molecule has 0 saturated carbocycles. The first-order valence-electron chi connectivity index (χ1n) is 8.12. The lowest BCUT2D eigenvalue weighted by Gasteiger charge is -2.16. The topological polar surface area (TPSA) is 94.3 Å². The summed E-state index contributed by atoms with van der Waals surface area (Å²) in [5.74, 6) is 0.324. The number of pyridine rings is 1. The van der Waals surface area contributed by atoms with Crippen molar-refractivity contribution >= 4 is 0 Å². The molecule has 3 rings (SSSR count). The lowest BCUT2D eigenvalue weighted by atomic mass is 9.89. The van der Waals surface area contributed by atoms with E-state index in [1.165, 1.54) is 4.80 Å². The Morgan fingerprint density at radius 3 is 2.28 bits per heavy atom. The summed E-state index contributed by atoms with van der Waals surface area (Å²) in [5, 5.41) is 16.5. The molecule has 0 unspecified atom stereocenters. The molecule has 132 valence electrons. The number of aromatic amines is 1. The molecule has 0 amide bonds. The van der Waals surface area contributed by atoms with Crippen molar-refractivity contribution in [2.24, 2.45) is 14.1 Å². The van der Waals surface area contributed by atoms with E-state index < -0.39 is 0 Å². The first-order chi connectivity index (χ1) is 11.6. The molecule has 25 heavy (non-hydrogen) atoms. The molecule has 3 heterocycles. The molecular weight excluding hydrogens is 318 g/mol. The Morgan fingerprint density at radius 2 is 1.80 bits per heavy atom. The smallest absolute Gasteiger partial charge is 0.210 e. The second kappa shape index (κ2) is 5.65. The second-order valence-electron chi connectivity index (χ2n) is 7.35. The zero-order valence-electron chi connectivity index (χ0n) is 15.7. The van der Waals surface area contributed by atoms with Gasteiger partial charge in [0, 0.05) is 29.8 Å². The van der Waals surface area contributed by atoms with E-state index >= 15 is 0 Å². The highest BCUT2D eigenvalue weighted by molar-refractivity contribution is 5.66. The fourth-order valence-corrected chi connectivity index (χ4v) is 3.20. The summed E-state index contributed by atoms with van der Waals surface area (Å²) in [6.45, 7) is 10.3. The van der Waals surface area contributed by atoms with Gasteiger partial charge in [-0.1, -0.05) is 20.8 Å². The van der Waals surface area contributed by atoms with Crippen LogP contribution in [-0.4, -0.2) is 35.0 Å². The van der Waals surface area contributed by atoms with E-state index in [9.17, 15) is 4.79 Å². The predicted octanol–water partition coefficient (Wildman–Crippen LogP) is 1.88. The number of tetrazole rings is 1. The van der Waals surface area contributed by atoms with Gasteiger partial charge < -0.3 is 4.98 Å². The third-order valence-corrected chi connectivity index (χ3v) is 4.20. The van der Waals surface area contributed by atoms with Crippen LogP contribution in [0.3, 0.4) is 0 Å². The van der Waals surface area contributed by atoms with Crippen LogP contribution < -0.4 is 5.43 Å². The zero-order valence-corrected chi connectivity index (χ0v) is 15.7. The molecule has 0 aliphatic rings. The van der Waals surface area contributed by atoms with E-state index in [0.29, 0.717) is 17.1 Å². The lowest BCUT2D eigenvalue weighted by molar-refractivity contribution is 0.550. The maximum Gasteiger partial charge on any atom is 0.210 e. The first kappa shape index (κ1) is 17.1. The van der Waals surface area contributed by atoms with Crippen molar-refractivity contribution in [1.82, 2.24) is 35.0 Å². The Hall–Kier alpha value is -2.77. The maximum atomic E-state index is 12.7. The molecule has 0 bridgehead atoms. The number of nitrogens with zero attached hydrogens (tertiary/aromatic N) is 6. The number of hydrogen-bond donors (Lipinski definition) is 1. The highest BCUT2D eigenvalue weighted by Gasteiger charge is 2.25. The van der Waals surface area contributed by atoms with Crippen LogP contribution in [-0.2, 0) is 19.5 Å². The number of hydrogen-bond acceptors (Lipinski definition) is 5. The van der Waals surface area contributed by atoms with Gasteiger partial charge in [-0.2, -0.15) is 9.90 Å². The summed E-state index contributed by atoms with van der Waals surface area (Å²) in [7, 11) is 3.56. The van der Waals surface area contributed by atoms with Gasteiger partial charge in [-0.05, 0) is 19.1 Å². The zero-order chi connectivity index (χ0) is 18.5. The maximum absolute atomic E-state index is 12.7. The van der Waals surface area contributed by atoms with Crippen molar-refractivity contribution in [3.63, 3.8) is 0 Å². The number of H-pyrrole nitrogens is 1. The summed E-state index contributed by atoms with van der Waals surface area (Å²) < 4.78 is 1.82. The summed E-state index contributed by atoms with van der Waals surface area (Å²) in [6, 6.07) is 1.58. The monoisotopic (exact) mass is 341 g/mol. The SMILES string of the molecule is Cc1[nH]c(-c2c(C)c(C(C)(C)C)nn2C)cc(=O)c1-c1nnn(C)n1. The third kappa shape index (κ3) is 2.88. The molecule has 0 aromatic carbocycles. The van der Waals surface area contributed by atoms with Gasteiger partial charge in [-0.3, -0.25) is 9.48 Å². The van der Waals surface area contributed by atoms with Crippen LogP contribution in [0.2, 0.25) is 0 Å². The van der Waals surface area contributed by atoms with Crippen LogP contribution in [0.25, 0.3) is 22.8 Å². The van der Waals surface area contributed by atoms with Gasteiger partial charge in [0.2, 0.25) is 5.82 Å². The Morgan fingerprint density at radius 1 is 1.12 bits per heavy atom. The molecule has 0 spiro atoms. The van der Waals surface area contributed by atoms with Crippen LogP contribution >= 0.6 is 0 Å². The molecular formula is C17H23N7O. The molecule has 0 aliphatic heterocycles. The molecule has 0 aliphatic carbocycles. The normalized spacial score (nSPS) is 12.0. The Balaban J connectivity index is 2.18. The number of nitrogens with one attached hydrogen (secondary N) is 1. The number of rotatable bonds is 2. The Labute approximate surface area is 145 Å². The third-order valence-electron chi connectivity index (χ3n) is 4.20. The minimum atomic E-state index is -0.142. The van der Waals surface area contributed by atoms with Gasteiger partial charge in [0.25, 0.3) is 0 Å². The molecule has 0 fully saturated rings. The van der Waals surface area contributed by atoms with Crippen molar-refractivity contribution in [2.45, 2.75) is 40.0 Å². The average Bonchev–Trinajstić information content (AvgIpc) is 3.01. The summed E-state index contributed by atoms with van der Waals surface area (Å²) >= 11 is 0. The largest absolute Gasteiger partial charge is 0.357 e. The minimum absolute atomic E-state index is 0.0705. The molecule has 1 N–H and O–H groups in total. The van der Waals surface area contributed by atoms with Crippen molar-refractivity contribution in [2.75, 3.05) is 0 Å². The van der Waals surface area contributed by atoms with Crippen LogP contribution in [0.4, 0.5) is 0 Å². The van der Waals surface area contributed by atoms with E-state index in [2.05, 4.69) is 46.3 Å². The van der Waals surface area contributed by atoms with E-state index in [-0.39, 0.29) is 10.8 Å². The molecule has 0 saturated heterocycles. The highest BCUT2D eigenvalue weighted by Crippen LogP contribution is 2.31. The van der Waals surface area contributed by atoms with Crippen LogP contribution in [0.15, 0.2) is 10.9 Å². The van der Waals surface area contributed by atoms with Gasteiger partial charge in [-0.25, -0.2) is 0 Å². The van der Waals surface area contributed by atoms with Gasteiger partial charge in [0.05, 0.1) is 29.7 Å². The van der Waals surface area contributed by atoms with Crippen molar-refractivity contribution in [3.05, 3.63) is 33.2 Å². The summed E-state index contributed by atoms with van der Waals surface area (Å²) in [5.41, 5.74) is 4.65. The van der Waals surface area contributed by atoms with Gasteiger partial charge in [-0.15, -0.1) is 10.2 Å². The molecule has 8 heteroatoms. The highest BCUT2D eigenvalue weighted by atomic mass is 16.1. The van der Waals surface area contributed by atoms with Crippen LogP contribution in [0.1, 0.15) is 37.7 Å². The van der Waals surface area contributed by atoms with Gasteiger partial charge in [0.15, 0.2) is 5.43 Å². The van der Waals surface area contributed by atoms with Crippen LogP contribution in [0, 0.1) is 13.8 Å². The average molecular weight is 341 g/mol. The van der Waals surface area contributed by atoms with E-state index in [1.54, 1.807) is 13.1 Å². The molecule has 3 aromatic heterocycles. The van der Waals surface area contributed by atoms with E-state index in [0.717, 1.165) is 22.6 Å². The van der Waals surface area contributed by atoms with Crippen molar-refractivity contribution < 1.29 is 0 Å². The van der Waals surface area contributed by atoms with Crippen molar-refractivity contribution in [3.8, 4) is 22.8 Å². The second-order valence-corrected chi connectivity index (χ2v) is 7.35. The molecule has 3 aromatic rings. The molecule has 0 atom stereocenters. The number of aryl methyl sites for hydroxylation is 3. The van der Waals surface area contributed by atoms with Gasteiger partial charge in [0.1, 0.15) is 0 Å². The standard InChI is InChI=1S/C17H23N7O/c1-9-14(23(6)20-15(9)17(3,4)5)11-8-12(25)13(10(2)18-11)16-19-22-24(7)21-16/h8H,1-7H3,(H,18,25). The summed E-state index contributed by atoms with van der Waals surface area (Å²) in [4.78, 5) is 17.3. The quantitative estimate of drug-likeness (QED) is 0.768. The van der Waals surface area contributed by atoms with Crippen molar-refractivity contribution in [1.29, 1.82) is 0 Å². The lowest BCUT2D eigenvalue weighted by Crippen LogP contribution is -2.13. The first-order valence-corrected chi connectivity index (χ1v) is 8.12. The molecule has 8 nitrogen and oxygen atoms in total. The predicted molar refractivity (Wildman–Crippen MR) is 95.2 cm³/mol. The van der Waals surface area contributed by atoms with E-state index in [1.807, 2.05) is 25.6 Å².